The first kappa shape index (κ1) is 28.4. The van der Waals surface area contributed by atoms with Crippen LogP contribution in [0, 0.1) is 19.8 Å². The first-order valence-electron chi connectivity index (χ1n) is 13.2. The van der Waals surface area contributed by atoms with Crippen molar-refractivity contribution >= 4 is 34.7 Å². The SMILES string of the molecule is Cc1cc(/C(O)=C2\C(=O)C(=O)N(c3cc(Cl)ccc3C)C2c2ccc(C(C)(C)C)cc2)ccc1OCC(C)C. The molecule has 4 rings (SSSR count). The standard InChI is InChI=1S/C33H36ClNO4/c1-19(2)18-39-27-15-11-23(16-21(27)4)30(36)28-29(22-9-12-24(13-10-22)33(5,6)7)35(32(38)31(28)37)26-17-25(34)14-8-20(26)3/h8-17,19,29,36H,18H2,1-7H3/b30-28+. The smallest absolute Gasteiger partial charge is 0.300 e. The quantitative estimate of drug-likeness (QED) is 0.194. The van der Waals surface area contributed by atoms with Crippen LogP contribution in [0.25, 0.3) is 5.76 Å². The van der Waals surface area contributed by atoms with Gasteiger partial charge < -0.3 is 9.84 Å². The zero-order chi connectivity index (χ0) is 28.6. The van der Waals surface area contributed by atoms with Gasteiger partial charge in [0.1, 0.15) is 11.5 Å². The van der Waals surface area contributed by atoms with E-state index in [0.29, 0.717) is 34.5 Å². The number of hydrogen-bond donors (Lipinski definition) is 1. The van der Waals surface area contributed by atoms with E-state index in [4.69, 9.17) is 16.3 Å². The van der Waals surface area contributed by atoms with Crippen LogP contribution in [0.2, 0.25) is 5.02 Å². The maximum Gasteiger partial charge on any atom is 0.300 e. The lowest BCUT2D eigenvalue weighted by molar-refractivity contribution is -0.132. The van der Waals surface area contributed by atoms with Gasteiger partial charge in [0.15, 0.2) is 0 Å². The molecule has 0 radical (unpaired) electrons. The van der Waals surface area contributed by atoms with Gasteiger partial charge in [0.25, 0.3) is 11.7 Å². The molecule has 1 fully saturated rings. The number of aliphatic hydroxyl groups excluding tert-OH is 1. The number of carbonyl (C=O) groups excluding carboxylic acids is 2. The third kappa shape index (κ3) is 5.74. The monoisotopic (exact) mass is 545 g/mol. The Morgan fingerprint density at radius 3 is 2.23 bits per heavy atom. The lowest BCUT2D eigenvalue weighted by atomic mass is 9.85. The van der Waals surface area contributed by atoms with Crippen molar-refractivity contribution in [3.8, 4) is 5.75 Å². The van der Waals surface area contributed by atoms with Gasteiger partial charge in [0.05, 0.1) is 18.2 Å². The highest BCUT2D eigenvalue weighted by atomic mass is 35.5. The highest BCUT2D eigenvalue weighted by Crippen LogP contribution is 2.44. The van der Waals surface area contributed by atoms with Crippen molar-refractivity contribution in [1.82, 2.24) is 0 Å². The highest BCUT2D eigenvalue weighted by Gasteiger charge is 2.47. The average molecular weight is 546 g/mol. The minimum atomic E-state index is -0.826. The number of halogens is 1. The molecule has 1 heterocycles. The number of anilines is 1. The van der Waals surface area contributed by atoms with Crippen molar-refractivity contribution in [2.75, 3.05) is 11.5 Å². The van der Waals surface area contributed by atoms with Crippen molar-refractivity contribution in [3.63, 3.8) is 0 Å². The Labute approximate surface area is 236 Å². The molecular weight excluding hydrogens is 510 g/mol. The number of Topliss-reactive ketones (excluding diaryl/α,β-unsaturated/α-hetero) is 1. The van der Waals surface area contributed by atoms with Crippen LogP contribution in [0.1, 0.15) is 68.5 Å². The van der Waals surface area contributed by atoms with E-state index in [9.17, 15) is 14.7 Å². The van der Waals surface area contributed by atoms with Crippen molar-refractivity contribution in [2.45, 2.75) is 59.9 Å². The summed E-state index contributed by atoms with van der Waals surface area (Å²) in [6.45, 7) is 14.9. The zero-order valence-electron chi connectivity index (χ0n) is 23.6. The second-order valence-corrected chi connectivity index (χ2v) is 12.1. The summed E-state index contributed by atoms with van der Waals surface area (Å²) in [4.78, 5) is 28.6. The predicted molar refractivity (Wildman–Crippen MR) is 158 cm³/mol. The van der Waals surface area contributed by atoms with Crippen LogP contribution in [0.4, 0.5) is 5.69 Å². The van der Waals surface area contributed by atoms with E-state index in [1.807, 2.05) is 44.2 Å². The molecule has 39 heavy (non-hydrogen) atoms. The number of ketones is 1. The normalized spacial score (nSPS) is 17.3. The van der Waals surface area contributed by atoms with Crippen molar-refractivity contribution < 1.29 is 19.4 Å². The lowest BCUT2D eigenvalue weighted by Gasteiger charge is -2.28. The summed E-state index contributed by atoms with van der Waals surface area (Å²) in [7, 11) is 0. The van der Waals surface area contributed by atoms with Crippen LogP contribution in [-0.2, 0) is 15.0 Å². The summed E-state index contributed by atoms with van der Waals surface area (Å²) in [5.41, 5.74) is 4.40. The fraction of sp³-hybridized carbons (Fsp3) is 0.333. The first-order valence-corrected chi connectivity index (χ1v) is 13.6. The van der Waals surface area contributed by atoms with Gasteiger partial charge >= 0.3 is 0 Å². The Bertz CT molecular complexity index is 1450. The minimum Gasteiger partial charge on any atom is -0.507 e. The molecular formula is C33H36ClNO4. The van der Waals surface area contributed by atoms with Crippen LogP contribution < -0.4 is 9.64 Å². The van der Waals surface area contributed by atoms with Gasteiger partial charge in [-0.25, -0.2) is 0 Å². The molecule has 1 N–H and O–H groups in total. The van der Waals surface area contributed by atoms with Crippen LogP contribution in [-0.4, -0.2) is 23.4 Å². The van der Waals surface area contributed by atoms with Gasteiger partial charge in [-0.1, -0.05) is 76.6 Å². The minimum absolute atomic E-state index is 0.0399. The van der Waals surface area contributed by atoms with Crippen molar-refractivity contribution in [1.29, 1.82) is 0 Å². The number of ether oxygens (including phenoxy) is 1. The molecule has 1 aliphatic rings. The molecule has 204 valence electrons. The molecule has 1 amide bonds. The van der Waals surface area contributed by atoms with Crippen molar-refractivity contribution in [2.24, 2.45) is 5.92 Å². The Morgan fingerprint density at radius 1 is 0.974 bits per heavy atom. The van der Waals surface area contributed by atoms with E-state index in [1.165, 1.54) is 4.90 Å². The van der Waals surface area contributed by atoms with Crippen molar-refractivity contribution in [3.05, 3.63) is 99.1 Å². The maximum atomic E-state index is 13.6. The third-order valence-corrected chi connectivity index (χ3v) is 7.22. The van der Waals surface area contributed by atoms with Gasteiger partial charge in [-0.15, -0.1) is 0 Å². The van der Waals surface area contributed by atoms with E-state index in [-0.39, 0.29) is 16.7 Å². The van der Waals surface area contributed by atoms with E-state index in [0.717, 1.165) is 22.3 Å². The number of hydrogen-bond acceptors (Lipinski definition) is 4. The summed E-state index contributed by atoms with van der Waals surface area (Å²) >= 11 is 6.32. The number of benzene rings is 3. The Kier molecular flexibility index (Phi) is 7.94. The molecule has 1 atom stereocenters. The van der Waals surface area contributed by atoms with Crippen LogP contribution >= 0.6 is 11.6 Å². The number of aliphatic hydroxyl groups is 1. The Balaban J connectivity index is 1.89. The molecule has 0 bridgehead atoms. The molecule has 0 aliphatic carbocycles. The molecule has 0 saturated carbocycles. The van der Waals surface area contributed by atoms with Crippen LogP contribution in [0.15, 0.2) is 66.2 Å². The summed E-state index contributed by atoms with van der Waals surface area (Å²) in [6, 6.07) is 17.6. The fourth-order valence-electron chi connectivity index (χ4n) is 4.77. The van der Waals surface area contributed by atoms with E-state index in [1.54, 1.807) is 30.3 Å². The average Bonchev–Trinajstić information content (AvgIpc) is 3.13. The molecule has 3 aromatic carbocycles. The molecule has 3 aromatic rings. The number of rotatable bonds is 6. The molecule has 0 spiro atoms. The number of amides is 1. The van der Waals surface area contributed by atoms with Crippen LogP contribution in [0.3, 0.4) is 0 Å². The molecule has 1 saturated heterocycles. The number of carbonyl (C=O) groups is 2. The van der Waals surface area contributed by atoms with Gasteiger partial charge in [0, 0.05) is 16.3 Å². The third-order valence-electron chi connectivity index (χ3n) is 6.99. The first-order chi connectivity index (χ1) is 18.3. The second kappa shape index (κ2) is 10.9. The molecule has 0 aromatic heterocycles. The molecule has 1 aliphatic heterocycles. The van der Waals surface area contributed by atoms with E-state index in [2.05, 4.69) is 34.6 Å². The zero-order valence-corrected chi connectivity index (χ0v) is 24.4. The number of aryl methyl sites for hydroxylation is 2. The topological polar surface area (TPSA) is 66.8 Å². The van der Waals surface area contributed by atoms with Gasteiger partial charge in [-0.05, 0) is 77.8 Å². The maximum absolute atomic E-state index is 13.6. The fourth-order valence-corrected chi connectivity index (χ4v) is 4.94. The Hall–Kier alpha value is -3.57. The predicted octanol–water partition coefficient (Wildman–Crippen LogP) is 7.92. The lowest BCUT2D eigenvalue weighted by Crippen LogP contribution is -2.30. The highest BCUT2D eigenvalue weighted by molar-refractivity contribution is 6.52. The number of nitrogens with zero attached hydrogens (tertiary/aromatic N) is 1. The van der Waals surface area contributed by atoms with Gasteiger partial charge in [-0.2, -0.15) is 0 Å². The largest absolute Gasteiger partial charge is 0.507 e. The van der Waals surface area contributed by atoms with Crippen LogP contribution in [0.5, 0.6) is 5.75 Å². The summed E-state index contributed by atoms with van der Waals surface area (Å²) in [5, 5.41) is 12.0. The molecule has 1 unspecified atom stereocenters. The Morgan fingerprint density at radius 2 is 1.64 bits per heavy atom. The summed E-state index contributed by atoms with van der Waals surface area (Å²) < 4.78 is 5.89. The van der Waals surface area contributed by atoms with E-state index < -0.39 is 17.7 Å². The second-order valence-electron chi connectivity index (χ2n) is 11.7. The summed E-state index contributed by atoms with van der Waals surface area (Å²) in [5.74, 6) is -0.591. The van der Waals surface area contributed by atoms with Gasteiger partial charge in [0.2, 0.25) is 0 Å². The van der Waals surface area contributed by atoms with E-state index >= 15 is 0 Å². The summed E-state index contributed by atoms with van der Waals surface area (Å²) in [6.07, 6.45) is 0. The molecule has 6 heteroatoms. The molecule has 5 nitrogen and oxygen atoms in total. The van der Waals surface area contributed by atoms with Gasteiger partial charge in [-0.3, -0.25) is 14.5 Å².